The Morgan fingerprint density at radius 2 is 2.15 bits per heavy atom. The lowest BCUT2D eigenvalue weighted by Gasteiger charge is -2.05. The summed E-state index contributed by atoms with van der Waals surface area (Å²) >= 11 is 0. The van der Waals surface area contributed by atoms with Gasteiger partial charge >= 0.3 is 5.97 Å². The summed E-state index contributed by atoms with van der Waals surface area (Å²) in [7, 11) is 0. The predicted octanol–water partition coefficient (Wildman–Crippen LogP) is 3.11. The summed E-state index contributed by atoms with van der Waals surface area (Å²) in [6.45, 7) is 4.97. The van der Waals surface area contributed by atoms with Crippen molar-refractivity contribution in [3.05, 3.63) is 42.2 Å². The number of hydrogen-bond acceptors (Lipinski definition) is 3. The molecule has 0 atom stereocenters. The van der Waals surface area contributed by atoms with Gasteiger partial charge in [0.25, 0.3) is 0 Å². The number of para-hydroxylation sites is 2. The molecule has 0 aliphatic carbocycles. The Kier molecular flexibility index (Phi) is 4.93. The minimum Gasteiger partial charge on any atom is -0.463 e. The van der Waals surface area contributed by atoms with Crippen LogP contribution in [0.2, 0.25) is 0 Å². The summed E-state index contributed by atoms with van der Waals surface area (Å²) in [5, 5.41) is 0. The SMILES string of the molecule is CCCc1nc2ccccc2n1C/C=C/C(=O)OCC. The molecule has 0 unspecified atom stereocenters. The number of carbonyl (C=O) groups is 1. The van der Waals surface area contributed by atoms with Crippen LogP contribution in [-0.2, 0) is 22.5 Å². The van der Waals surface area contributed by atoms with Crippen LogP contribution in [-0.4, -0.2) is 22.1 Å². The quantitative estimate of drug-likeness (QED) is 0.599. The predicted molar refractivity (Wildman–Crippen MR) is 79.5 cm³/mol. The molecule has 4 nitrogen and oxygen atoms in total. The molecule has 1 heterocycles. The molecule has 0 radical (unpaired) electrons. The number of allylic oxidation sites excluding steroid dienone is 1. The van der Waals surface area contributed by atoms with Crippen LogP contribution in [0.15, 0.2) is 36.4 Å². The largest absolute Gasteiger partial charge is 0.463 e. The molecule has 1 aromatic carbocycles. The number of ether oxygens (including phenoxy) is 1. The van der Waals surface area contributed by atoms with E-state index in [1.807, 2.05) is 24.3 Å². The summed E-state index contributed by atoms with van der Waals surface area (Å²) < 4.78 is 7.02. The second-order valence-electron chi connectivity index (χ2n) is 4.53. The van der Waals surface area contributed by atoms with E-state index in [0.717, 1.165) is 29.7 Å². The maximum atomic E-state index is 11.3. The molecule has 0 fully saturated rings. The van der Waals surface area contributed by atoms with Crippen LogP contribution < -0.4 is 0 Å². The van der Waals surface area contributed by atoms with Crippen molar-refractivity contribution in [3.8, 4) is 0 Å². The molecular formula is C16H20N2O2. The van der Waals surface area contributed by atoms with E-state index in [9.17, 15) is 4.79 Å². The first-order chi connectivity index (χ1) is 9.76. The van der Waals surface area contributed by atoms with Gasteiger partial charge in [0.1, 0.15) is 5.82 Å². The van der Waals surface area contributed by atoms with Crippen LogP contribution in [0.5, 0.6) is 0 Å². The molecule has 106 valence electrons. The Hall–Kier alpha value is -2.10. The third-order valence-corrected chi connectivity index (χ3v) is 3.04. The van der Waals surface area contributed by atoms with Gasteiger partial charge in [0.05, 0.1) is 17.6 Å². The van der Waals surface area contributed by atoms with E-state index in [0.29, 0.717) is 13.2 Å². The minimum absolute atomic E-state index is 0.297. The molecule has 0 spiro atoms. The summed E-state index contributed by atoms with van der Waals surface area (Å²) in [5.41, 5.74) is 2.10. The van der Waals surface area contributed by atoms with Gasteiger partial charge in [-0.3, -0.25) is 0 Å². The van der Waals surface area contributed by atoms with Crippen molar-refractivity contribution in [1.29, 1.82) is 0 Å². The highest BCUT2D eigenvalue weighted by atomic mass is 16.5. The number of imidazole rings is 1. The third kappa shape index (κ3) is 3.26. The topological polar surface area (TPSA) is 44.1 Å². The van der Waals surface area contributed by atoms with E-state index in [4.69, 9.17) is 4.74 Å². The van der Waals surface area contributed by atoms with Gasteiger partial charge in [-0.2, -0.15) is 0 Å². The van der Waals surface area contributed by atoms with Crippen LogP contribution >= 0.6 is 0 Å². The first-order valence-electron chi connectivity index (χ1n) is 7.03. The first-order valence-corrected chi connectivity index (χ1v) is 7.03. The van der Waals surface area contributed by atoms with Crippen molar-refractivity contribution in [2.24, 2.45) is 0 Å². The van der Waals surface area contributed by atoms with Crippen LogP contribution in [0, 0.1) is 0 Å². The number of aryl methyl sites for hydroxylation is 1. The molecule has 20 heavy (non-hydrogen) atoms. The van der Waals surface area contributed by atoms with Crippen LogP contribution in [0.25, 0.3) is 11.0 Å². The maximum absolute atomic E-state index is 11.3. The molecule has 2 rings (SSSR count). The lowest BCUT2D eigenvalue weighted by atomic mass is 10.3. The number of rotatable bonds is 6. The monoisotopic (exact) mass is 272 g/mol. The van der Waals surface area contributed by atoms with E-state index in [-0.39, 0.29) is 5.97 Å². The highest BCUT2D eigenvalue weighted by Crippen LogP contribution is 2.17. The molecule has 0 saturated heterocycles. The van der Waals surface area contributed by atoms with Crippen LogP contribution in [0.4, 0.5) is 0 Å². The van der Waals surface area contributed by atoms with Gasteiger partial charge in [-0.05, 0) is 25.5 Å². The fraction of sp³-hybridized carbons (Fsp3) is 0.375. The second-order valence-corrected chi connectivity index (χ2v) is 4.53. The zero-order valence-corrected chi connectivity index (χ0v) is 12.0. The van der Waals surface area contributed by atoms with Gasteiger partial charge in [-0.25, -0.2) is 9.78 Å². The summed E-state index contributed by atoms with van der Waals surface area (Å²) in [6.07, 6.45) is 5.28. The molecular weight excluding hydrogens is 252 g/mol. The Balaban J connectivity index is 2.23. The second kappa shape index (κ2) is 6.89. The summed E-state index contributed by atoms with van der Waals surface area (Å²) in [5.74, 6) is 0.760. The number of carbonyl (C=O) groups excluding carboxylic acids is 1. The van der Waals surface area contributed by atoms with Crippen LogP contribution in [0.3, 0.4) is 0 Å². The Labute approximate surface area is 119 Å². The highest BCUT2D eigenvalue weighted by molar-refractivity contribution is 5.82. The Bertz CT molecular complexity index is 614. The Morgan fingerprint density at radius 1 is 1.35 bits per heavy atom. The van der Waals surface area contributed by atoms with Crippen LogP contribution in [0.1, 0.15) is 26.1 Å². The molecule has 0 saturated carbocycles. The molecule has 0 bridgehead atoms. The summed E-state index contributed by atoms with van der Waals surface area (Å²) in [4.78, 5) is 16.0. The van der Waals surface area contributed by atoms with Gasteiger partial charge in [0, 0.05) is 19.0 Å². The fourth-order valence-corrected chi connectivity index (χ4v) is 2.19. The van der Waals surface area contributed by atoms with Gasteiger partial charge < -0.3 is 9.30 Å². The van der Waals surface area contributed by atoms with Crippen molar-refractivity contribution in [2.75, 3.05) is 6.61 Å². The first kappa shape index (κ1) is 14.3. The standard InChI is InChI=1S/C16H20N2O2/c1-3-8-15-17-13-9-5-6-10-14(13)18(15)12-7-11-16(19)20-4-2/h5-7,9-11H,3-4,8,12H2,1-2H3/b11-7+. The molecule has 0 N–H and O–H groups in total. The average Bonchev–Trinajstić information content (AvgIpc) is 2.78. The Morgan fingerprint density at radius 3 is 2.90 bits per heavy atom. The summed E-state index contributed by atoms with van der Waals surface area (Å²) in [6, 6.07) is 8.06. The van der Waals surface area contributed by atoms with E-state index >= 15 is 0 Å². The number of nitrogens with zero attached hydrogens (tertiary/aromatic N) is 2. The fourth-order valence-electron chi connectivity index (χ4n) is 2.19. The molecule has 0 amide bonds. The normalized spacial score (nSPS) is 11.3. The van der Waals surface area contributed by atoms with Crippen molar-refractivity contribution in [1.82, 2.24) is 9.55 Å². The number of fused-ring (bicyclic) bond motifs is 1. The lowest BCUT2D eigenvalue weighted by Crippen LogP contribution is -2.04. The van der Waals surface area contributed by atoms with Crippen molar-refractivity contribution < 1.29 is 9.53 Å². The molecule has 0 aliphatic heterocycles. The van der Waals surface area contributed by atoms with Crippen molar-refractivity contribution in [3.63, 3.8) is 0 Å². The average molecular weight is 272 g/mol. The van der Waals surface area contributed by atoms with E-state index in [2.05, 4.69) is 22.5 Å². The molecule has 1 aromatic heterocycles. The van der Waals surface area contributed by atoms with Gasteiger partial charge in [-0.1, -0.05) is 25.1 Å². The number of benzene rings is 1. The third-order valence-electron chi connectivity index (χ3n) is 3.04. The van der Waals surface area contributed by atoms with Gasteiger partial charge in [-0.15, -0.1) is 0 Å². The zero-order valence-electron chi connectivity index (χ0n) is 12.0. The zero-order chi connectivity index (χ0) is 14.4. The minimum atomic E-state index is -0.297. The molecule has 2 aromatic rings. The number of aromatic nitrogens is 2. The lowest BCUT2D eigenvalue weighted by molar-refractivity contribution is -0.137. The van der Waals surface area contributed by atoms with E-state index < -0.39 is 0 Å². The smallest absolute Gasteiger partial charge is 0.330 e. The number of esters is 1. The molecule has 4 heteroatoms. The maximum Gasteiger partial charge on any atom is 0.330 e. The highest BCUT2D eigenvalue weighted by Gasteiger charge is 2.08. The van der Waals surface area contributed by atoms with Gasteiger partial charge in [0.2, 0.25) is 0 Å². The van der Waals surface area contributed by atoms with Gasteiger partial charge in [0.15, 0.2) is 0 Å². The molecule has 0 aliphatic rings. The van der Waals surface area contributed by atoms with E-state index in [1.165, 1.54) is 6.08 Å². The van der Waals surface area contributed by atoms with Crippen molar-refractivity contribution in [2.45, 2.75) is 33.2 Å². The van der Waals surface area contributed by atoms with Crippen molar-refractivity contribution >= 4 is 17.0 Å². The number of hydrogen-bond donors (Lipinski definition) is 0. The van der Waals surface area contributed by atoms with E-state index in [1.54, 1.807) is 6.92 Å².